The number of aromatic carboxylic acids is 2. The number of unbranched alkanes of at least 4 members (excludes halogenated alkanes) is 1. The van der Waals surface area contributed by atoms with Gasteiger partial charge in [-0.1, -0.05) is 82.0 Å². The minimum Gasteiger partial charge on any atom is -0.478 e. The Morgan fingerprint density at radius 2 is 1.33 bits per heavy atom. The van der Waals surface area contributed by atoms with Crippen LogP contribution in [0.1, 0.15) is 102 Å². The Balaban J connectivity index is 2.19. The highest BCUT2D eigenvalue weighted by Gasteiger charge is 2.29. The molecule has 0 aliphatic heterocycles. The van der Waals surface area contributed by atoms with Crippen molar-refractivity contribution in [3.05, 3.63) is 82.4 Å². The molecule has 1 aliphatic carbocycles. The predicted molar refractivity (Wildman–Crippen MR) is 145 cm³/mol. The van der Waals surface area contributed by atoms with Crippen LogP contribution in [-0.4, -0.2) is 22.2 Å². The Morgan fingerprint density at radius 1 is 0.778 bits per heavy atom. The van der Waals surface area contributed by atoms with E-state index in [0.29, 0.717) is 17.0 Å². The molecule has 0 amide bonds. The van der Waals surface area contributed by atoms with Crippen LogP contribution in [0.2, 0.25) is 0 Å². The summed E-state index contributed by atoms with van der Waals surface area (Å²) in [5, 5.41) is 20.3. The lowest BCUT2D eigenvalue weighted by atomic mass is 9.77. The van der Waals surface area contributed by atoms with E-state index in [0.717, 1.165) is 61.6 Å². The average Bonchev–Trinajstić information content (AvgIpc) is 3.42. The molecule has 0 radical (unpaired) electrons. The Kier molecular flexibility index (Phi) is 8.25. The highest BCUT2D eigenvalue weighted by molar-refractivity contribution is 6.04. The maximum Gasteiger partial charge on any atom is 0.336 e. The van der Waals surface area contributed by atoms with E-state index in [1.54, 1.807) is 24.3 Å². The molecule has 0 heterocycles. The zero-order valence-electron chi connectivity index (χ0n) is 21.3. The number of rotatable bonds is 10. The van der Waals surface area contributed by atoms with E-state index in [1.807, 2.05) is 24.3 Å². The van der Waals surface area contributed by atoms with Gasteiger partial charge in [0.05, 0.1) is 11.1 Å². The molecule has 1 saturated carbocycles. The minimum atomic E-state index is -0.972. The molecule has 4 nitrogen and oxygen atoms in total. The van der Waals surface area contributed by atoms with Gasteiger partial charge in [0, 0.05) is 0 Å². The Bertz CT molecular complexity index is 1250. The molecule has 4 heteroatoms. The van der Waals surface area contributed by atoms with Crippen molar-refractivity contribution in [2.45, 2.75) is 77.6 Å². The number of aryl methyl sites for hydroxylation is 1. The largest absolute Gasteiger partial charge is 0.478 e. The van der Waals surface area contributed by atoms with Gasteiger partial charge in [-0.2, -0.15) is 0 Å². The number of hydrogen-bond donors (Lipinski definition) is 2. The molecule has 0 unspecified atom stereocenters. The van der Waals surface area contributed by atoms with Crippen molar-refractivity contribution in [3.8, 4) is 22.3 Å². The summed E-state index contributed by atoms with van der Waals surface area (Å²) in [5.41, 5.74) is 7.32. The molecule has 3 aromatic rings. The maximum absolute atomic E-state index is 12.4. The van der Waals surface area contributed by atoms with Crippen molar-refractivity contribution >= 4 is 11.9 Å². The van der Waals surface area contributed by atoms with Gasteiger partial charge in [0.15, 0.2) is 0 Å². The molecule has 1 fully saturated rings. The van der Waals surface area contributed by atoms with Gasteiger partial charge < -0.3 is 10.2 Å². The summed E-state index contributed by atoms with van der Waals surface area (Å²) in [5.74, 6) is -1.47. The van der Waals surface area contributed by atoms with E-state index in [4.69, 9.17) is 0 Å². The fourth-order valence-corrected chi connectivity index (χ4v) is 5.87. The van der Waals surface area contributed by atoms with Crippen LogP contribution in [0.4, 0.5) is 0 Å². The SMILES string of the molecule is CCCCc1c(C2CCCC2)cc(CCC)c(-c2ccccc2C(=O)O)c1-c1ccccc1C(=O)O. The third kappa shape index (κ3) is 5.09. The summed E-state index contributed by atoms with van der Waals surface area (Å²) < 4.78 is 0. The molecule has 36 heavy (non-hydrogen) atoms. The molecular formula is C32H36O4. The molecular weight excluding hydrogens is 448 g/mol. The second-order valence-electron chi connectivity index (χ2n) is 9.89. The number of carboxylic acids is 2. The van der Waals surface area contributed by atoms with Crippen molar-refractivity contribution in [2.75, 3.05) is 0 Å². The lowest BCUT2D eigenvalue weighted by Gasteiger charge is -2.27. The third-order valence-corrected chi connectivity index (χ3v) is 7.50. The van der Waals surface area contributed by atoms with Crippen LogP contribution in [0.25, 0.3) is 22.3 Å². The smallest absolute Gasteiger partial charge is 0.336 e. The molecule has 1 aliphatic rings. The first-order valence-electron chi connectivity index (χ1n) is 13.3. The molecule has 0 saturated heterocycles. The number of carboxylic acid groups (broad SMARTS) is 2. The van der Waals surface area contributed by atoms with Crippen LogP contribution in [0.3, 0.4) is 0 Å². The van der Waals surface area contributed by atoms with Gasteiger partial charge in [0.1, 0.15) is 0 Å². The van der Waals surface area contributed by atoms with E-state index in [-0.39, 0.29) is 11.1 Å². The van der Waals surface area contributed by atoms with Crippen molar-refractivity contribution in [2.24, 2.45) is 0 Å². The lowest BCUT2D eigenvalue weighted by molar-refractivity contribution is 0.0686. The second kappa shape index (κ2) is 11.6. The van der Waals surface area contributed by atoms with Gasteiger partial charge in [0.25, 0.3) is 0 Å². The number of carbonyl (C=O) groups is 2. The Hall–Kier alpha value is -3.40. The zero-order valence-corrected chi connectivity index (χ0v) is 21.3. The van der Waals surface area contributed by atoms with E-state index in [2.05, 4.69) is 19.9 Å². The molecule has 0 aromatic heterocycles. The molecule has 3 aromatic carbocycles. The third-order valence-electron chi connectivity index (χ3n) is 7.50. The van der Waals surface area contributed by atoms with Crippen molar-refractivity contribution in [1.82, 2.24) is 0 Å². The fraction of sp³-hybridized carbons (Fsp3) is 0.375. The number of benzene rings is 3. The standard InChI is InChI=1S/C32H36O4/c1-3-5-15-25-28(21-13-6-7-14-21)20-22(12-4-2)29(23-16-8-10-18-26(23)31(33)34)30(25)24-17-9-11-19-27(24)32(35)36/h8-11,16-21H,3-7,12-15H2,1-2H3,(H,33,34)(H,35,36). The molecule has 0 atom stereocenters. The maximum atomic E-state index is 12.4. The minimum absolute atomic E-state index is 0.249. The summed E-state index contributed by atoms with van der Waals surface area (Å²) in [4.78, 5) is 24.7. The molecule has 4 rings (SSSR count). The Labute approximate surface area is 214 Å². The average molecular weight is 485 g/mol. The molecule has 188 valence electrons. The summed E-state index contributed by atoms with van der Waals surface area (Å²) in [6, 6.07) is 16.7. The van der Waals surface area contributed by atoms with Crippen molar-refractivity contribution < 1.29 is 19.8 Å². The lowest BCUT2D eigenvalue weighted by Crippen LogP contribution is -2.10. The Morgan fingerprint density at radius 3 is 1.86 bits per heavy atom. The van der Waals surface area contributed by atoms with E-state index >= 15 is 0 Å². The van der Waals surface area contributed by atoms with Crippen LogP contribution >= 0.6 is 0 Å². The van der Waals surface area contributed by atoms with Crippen molar-refractivity contribution in [3.63, 3.8) is 0 Å². The quantitative estimate of drug-likeness (QED) is 0.303. The normalized spacial score (nSPS) is 13.7. The zero-order chi connectivity index (χ0) is 25.7. The van der Waals surface area contributed by atoms with Crippen molar-refractivity contribution in [1.29, 1.82) is 0 Å². The van der Waals surface area contributed by atoms with Gasteiger partial charge >= 0.3 is 11.9 Å². The van der Waals surface area contributed by atoms with Crippen LogP contribution in [0.5, 0.6) is 0 Å². The van der Waals surface area contributed by atoms with Crippen LogP contribution in [0.15, 0.2) is 54.6 Å². The summed E-state index contributed by atoms with van der Waals surface area (Å²) >= 11 is 0. The molecule has 2 N–H and O–H groups in total. The van der Waals surface area contributed by atoms with Gasteiger partial charge in [-0.3, -0.25) is 0 Å². The first-order chi connectivity index (χ1) is 17.5. The molecule has 0 bridgehead atoms. The van der Waals surface area contributed by atoms with E-state index in [1.165, 1.54) is 24.0 Å². The van der Waals surface area contributed by atoms with Gasteiger partial charge in [0.2, 0.25) is 0 Å². The van der Waals surface area contributed by atoms with E-state index < -0.39 is 11.9 Å². The van der Waals surface area contributed by atoms with Gasteiger partial charge in [-0.25, -0.2) is 9.59 Å². The topological polar surface area (TPSA) is 74.6 Å². The predicted octanol–water partition coefficient (Wildman–Crippen LogP) is 8.37. The first-order valence-corrected chi connectivity index (χ1v) is 13.3. The summed E-state index contributed by atoms with van der Waals surface area (Å²) in [7, 11) is 0. The van der Waals surface area contributed by atoms with Gasteiger partial charge in [-0.05, 0) is 89.1 Å². The van der Waals surface area contributed by atoms with E-state index in [9.17, 15) is 19.8 Å². The highest BCUT2D eigenvalue weighted by Crippen LogP contribution is 2.47. The van der Waals surface area contributed by atoms with Crippen LogP contribution in [-0.2, 0) is 12.8 Å². The van der Waals surface area contributed by atoms with Crippen LogP contribution in [0, 0.1) is 0 Å². The van der Waals surface area contributed by atoms with Gasteiger partial charge in [-0.15, -0.1) is 0 Å². The summed E-state index contributed by atoms with van der Waals surface area (Å²) in [6.07, 6.45) is 9.32. The first kappa shape index (κ1) is 25.7. The molecule has 0 spiro atoms. The van der Waals surface area contributed by atoms with Crippen LogP contribution < -0.4 is 0 Å². The highest BCUT2D eigenvalue weighted by atomic mass is 16.4. The fourth-order valence-electron chi connectivity index (χ4n) is 5.87. The monoisotopic (exact) mass is 484 g/mol. The number of hydrogen-bond acceptors (Lipinski definition) is 2. The summed E-state index contributed by atoms with van der Waals surface area (Å²) in [6.45, 7) is 4.31. The second-order valence-corrected chi connectivity index (χ2v) is 9.89.